The Hall–Kier alpha value is -0.190. The van der Waals surface area contributed by atoms with Crippen LogP contribution in [0.1, 0.15) is 18.0 Å². The van der Waals surface area contributed by atoms with Gasteiger partial charge in [0.1, 0.15) is 18.3 Å². The fourth-order valence-electron chi connectivity index (χ4n) is 3.26. The maximum Gasteiger partial charge on any atom is 0.111 e. The van der Waals surface area contributed by atoms with Crippen LogP contribution in [0, 0.1) is 0 Å². The van der Waals surface area contributed by atoms with E-state index < -0.39 is 18.3 Å². The molecule has 0 amide bonds. The number of hydrogen-bond donors (Lipinski definition) is 4. The standard InChI is InChI=1S/C16H21NO4.3H2S/c18-9-11-8-13(15(20)16(21)14(11)19)17-7-6-12(17)10-4-2-1-3-5-10;;;/h1-5,8,12-16,18-21H,6-7,9H2;3*1H2/t12?,13-,14+,15-,16?;;;/m0.../s1. The molecule has 1 heterocycles. The highest BCUT2D eigenvalue weighted by Crippen LogP contribution is 2.38. The van der Waals surface area contributed by atoms with Crippen LogP contribution in [0.2, 0.25) is 0 Å². The van der Waals surface area contributed by atoms with Crippen molar-refractivity contribution in [2.75, 3.05) is 13.2 Å². The van der Waals surface area contributed by atoms with E-state index in [9.17, 15) is 20.4 Å². The summed E-state index contributed by atoms with van der Waals surface area (Å²) in [6.07, 6.45) is -0.829. The lowest BCUT2D eigenvalue weighted by Gasteiger charge is -2.49. The molecule has 1 saturated heterocycles. The summed E-state index contributed by atoms with van der Waals surface area (Å²) in [4.78, 5) is 2.10. The second-order valence-electron chi connectivity index (χ2n) is 5.77. The first kappa shape index (κ1) is 23.8. The molecule has 5 nitrogen and oxygen atoms in total. The number of hydrogen-bond acceptors (Lipinski definition) is 5. The highest BCUT2D eigenvalue weighted by molar-refractivity contribution is 7.59. The average molecular weight is 394 g/mol. The molecule has 0 spiro atoms. The van der Waals surface area contributed by atoms with E-state index in [0.717, 1.165) is 13.0 Å². The largest absolute Gasteiger partial charge is 0.392 e. The van der Waals surface area contributed by atoms with Crippen molar-refractivity contribution in [2.24, 2.45) is 0 Å². The fraction of sp³-hybridized carbons (Fsp3) is 0.500. The van der Waals surface area contributed by atoms with Gasteiger partial charge in [0, 0.05) is 12.6 Å². The van der Waals surface area contributed by atoms with Gasteiger partial charge in [-0.25, -0.2) is 0 Å². The van der Waals surface area contributed by atoms with Gasteiger partial charge in [0.15, 0.2) is 0 Å². The molecule has 138 valence electrons. The maximum atomic E-state index is 10.2. The van der Waals surface area contributed by atoms with Crippen LogP contribution >= 0.6 is 40.5 Å². The van der Waals surface area contributed by atoms with Gasteiger partial charge in [-0.2, -0.15) is 40.5 Å². The molecule has 0 saturated carbocycles. The minimum absolute atomic E-state index is 0. The zero-order chi connectivity index (χ0) is 15.0. The van der Waals surface area contributed by atoms with Gasteiger partial charge in [-0.1, -0.05) is 36.4 Å². The molecule has 3 rings (SSSR count). The molecule has 24 heavy (non-hydrogen) atoms. The van der Waals surface area contributed by atoms with E-state index in [4.69, 9.17) is 0 Å². The molecule has 8 heteroatoms. The van der Waals surface area contributed by atoms with E-state index in [1.54, 1.807) is 6.08 Å². The van der Waals surface area contributed by atoms with Gasteiger partial charge in [-0.05, 0) is 17.6 Å². The molecule has 1 aliphatic heterocycles. The summed E-state index contributed by atoms with van der Waals surface area (Å²) in [7, 11) is 0. The van der Waals surface area contributed by atoms with Crippen LogP contribution in [0.15, 0.2) is 42.0 Å². The Morgan fingerprint density at radius 3 is 2.08 bits per heavy atom. The molecule has 1 fully saturated rings. The van der Waals surface area contributed by atoms with Crippen molar-refractivity contribution < 1.29 is 20.4 Å². The van der Waals surface area contributed by atoms with E-state index in [0.29, 0.717) is 5.57 Å². The normalized spacial score (nSPS) is 32.3. The number of rotatable bonds is 3. The summed E-state index contributed by atoms with van der Waals surface area (Å²) in [6, 6.07) is 9.84. The summed E-state index contributed by atoms with van der Waals surface area (Å²) in [5.41, 5.74) is 1.55. The molecular formula is C16H27NO4S3. The SMILES string of the molecule is OCC1=C[C@H](N2CCC2c2ccccc2)[C@H](O)C(O)[C@@H]1O.S.S.S. The van der Waals surface area contributed by atoms with Crippen molar-refractivity contribution in [3.05, 3.63) is 47.5 Å². The number of nitrogens with zero attached hydrogens (tertiary/aromatic N) is 1. The summed E-state index contributed by atoms with van der Waals surface area (Å²) in [5.74, 6) is 0. The predicted molar refractivity (Wildman–Crippen MR) is 109 cm³/mol. The van der Waals surface area contributed by atoms with Gasteiger partial charge < -0.3 is 20.4 Å². The third-order valence-corrected chi connectivity index (χ3v) is 4.60. The van der Waals surface area contributed by atoms with Gasteiger partial charge in [-0.3, -0.25) is 4.90 Å². The van der Waals surface area contributed by atoms with Crippen LogP contribution in [-0.4, -0.2) is 62.8 Å². The Bertz CT molecular complexity index is 531. The second kappa shape index (κ2) is 10.1. The van der Waals surface area contributed by atoms with E-state index in [1.165, 1.54) is 5.56 Å². The van der Waals surface area contributed by atoms with Crippen molar-refractivity contribution >= 4 is 40.5 Å². The highest BCUT2D eigenvalue weighted by atomic mass is 32.1. The minimum atomic E-state index is -1.26. The minimum Gasteiger partial charge on any atom is -0.392 e. The van der Waals surface area contributed by atoms with Gasteiger partial charge in [0.05, 0.1) is 12.6 Å². The molecule has 0 aromatic heterocycles. The molecule has 5 atom stereocenters. The van der Waals surface area contributed by atoms with Crippen LogP contribution in [0.3, 0.4) is 0 Å². The topological polar surface area (TPSA) is 84.2 Å². The Morgan fingerprint density at radius 1 is 0.958 bits per heavy atom. The summed E-state index contributed by atoms with van der Waals surface area (Å²) < 4.78 is 0. The zero-order valence-corrected chi connectivity index (χ0v) is 16.2. The van der Waals surface area contributed by atoms with Crippen LogP contribution in [0.25, 0.3) is 0 Å². The third-order valence-electron chi connectivity index (χ3n) is 4.60. The zero-order valence-electron chi connectivity index (χ0n) is 13.2. The van der Waals surface area contributed by atoms with Crippen LogP contribution in [0.4, 0.5) is 0 Å². The molecule has 1 aliphatic carbocycles. The van der Waals surface area contributed by atoms with Crippen molar-refractivity contribution in [2.45, 2.75) is 36.8 Å². The fourth-order valence-corrected chi connectivity index (χ4v) is 3.26. The van der Waals surface area contributed by atoms with Gasteiger partial charge >= 0.3 is 0 Å². The van der Waals surface area contributed by atoms with Crippen molar-refractivity contribution in [1.82, 2.24) is 4.90 Å². The average Bonchev–Trinajstić information content (AvgIpc) is 2.47. The first-order chi connectivity index (χ1) is 10.1. The van der Waals surface area contributed by atoms with Gasteiger partial charge in [-0.15, -0.1) is 0 Å². The van der Waals surface area contributed by atoms with Crippen molar-refractivity contribution in [3.8, 4) is 0 Å². The number of benzene rings is 1. The lowest BCUT2D eigenvalue weighted by molar-refractivity contribution is -0.103. The quantitative estimate of drug-likeness (QED) is 0.550. The molecular weight excluding hydrogens is 366 g/mol. The van der Waals surface area contributed by atoms with Gasteiger partial charge in [0.25, 0.3) is 0 Å². The second-order valence-corrected chi connectivity index (χ2v) is 5.77. The predicted octanol–water partition coefficient (Wildman–Crippen LogP) is 0.155. The molecule has 0 bridgehead atoms. The maximum absolute atomic E-state index is 10.2. The lowest BCUT2D eigenvalue weighted by Crippen LogP contribution is -2.59. The molecule has 1 aromatic rings. The summed E-state index contributed by atoms with van der Waals surface area (Å²) >= 11 is 0. The molecule has 0 radical (unpaired) electrons. The summed E-state index contributed by atoms with van der Waals surface area (Å²) in [6.45, 7) is 0.505. The van der Waals surface area contributed by atoms with E-state index in [1.807, 2.05) is 30.3 Å². The van der Waals surface area contributed by atoms with E-state index in [2.05, 4.69) is 4.90 Å². The molecule has 2 unspecified atom stereocenters. The molecule has 4 N–H and O–H groups in total. The van der Waals surface area contributed by atoms with Crippen molar-refractivity contribution in [1.29, 1.82) is 0 Å². The lowest BCUT2D eigenvalue weighted by atomic mass is 9.83. The molecule has 1 aromatic carbocycles. The number of likely N-dealkylation sites (tertiary alicyclic amines) is 1. The van der Waals surface area contributed by atoms with E-state index >= 15 is 0 Å². The molecule has 2 aliphatic rings. The monoisotopic (exact) mass is 393 g/mol. The Morgan fingerprint density at radius 2 is 1.58 bits per heavy atom. The van der Waals surface area contributed by atoms with Crippen molar-refractivity contribution in [3.63, 3.8) is 0 Å². The Labute approximate surface area is 163 Å². The third kappa shape index (κ3) is 4.31. The Balaban J connectivity index is 0.00000176. The smallest absolute Gasteiger partial charge is 0.111 e. The van der Waals surface area contributed by atoms with Crippen LogP contribution in [0.5, 0.6) is 0 Å². The van der Waals surface area contributed by atoms with E-state index in [-0.39, 0.29) is 59.2 Å². The van der Waals surface area contributed by atoms with Gasteiger partial charge in [0.2, 0.25) is 0 Å². The first-order valence-electron chi connectivity index (χ1n) is 7.30. The Kier molecular flexibility index (Phi) is 10.00. The van der Waals surface area contributed by atoms with Crippen LogP contribution < -0.4 is 0 Å². The first-order valence-corrected chi connectivity index (χ1v) is 7.30. The number of aliphatic hydroxyl groups is 4. The summed E-state index contributed by atoms with van der Waals surface area (Å²) in [5, 5.41) is 39.3. The van der Waals surface area contributed by atoms with Crippen LogP contribution in [-0.2, 0) is 0 Å². The highest BCUT2D eigenvalue weighted by Gasteiger charge is 2.44. The number of aliphatic hydroxyl groups excluding tert-OH is 4.